The fraction of sp³-hybridized carbons (Fsp3) is 0.294. The molecule has 0 aromatic carbocycles. The number of H-pyrrole nitrogens is 1. The van der Waals surface area contributed by atoms with Gasteiger partial charge in [0.25, 0.3) is 13.4 Å². The van der Waals surface area contributed by atoms with E-state index in [-0.39, 0.29) is 28.3 Å². The summed E-state index contributed by atoms with van der Waals surface area (Å²) >= 11 is 3.28. The Morgan fingerprint density at radius 1 is 1.31 bits per heavy atom. The van der Waals surface area contributed by atoms with Crippen LogP contribution in [0, 0.1) is 0 Å². The summed E-state index contributed by atoms with van der Waals surface area (Å²) in [6.07, 6.45) is 0.389. The minimum Gasteiger partial charge on any atom is -0.756 e. The summed E-state index contributed by atoms with van der Waals surface area (Å²) in [6, 6.07) is 3.57. The minimum absolute atomic E-state index is 0.0343. The Bertz CT molecular complexity index is 1470. The van der Waals surface area contributed by atoms with E-state index in [1.807, 2.05) is 0 Å². The van der Waals surface area contributed by atoms with Crippen molar-refractivity contribution in [1.82, 2.24) is 28.9 Å². The molecule has 5 atom stereocenters. The molecule has 4 aromatic heterocycles. The Balaban J connectivity index is 1.48. The summed E-state index contributed by atoms with van der Waals surface area (Å²) in [7, 11) is -4.53. The second-order valence-corrected chi connectivity index (χ2v) is 9.38. The van der Waals surface area contributed by atoms with E-state index >= 15 is 0 Å². The number of nitrogens with zero attached hydrogens (tertiary/aromatic N) is 5. The number of ether oxygens (including phenoxy) is 1. The number of aliphatic hydroxyl groups is 1. The van der Waals surface area contributed by atoms with Gasteiger partial charge in [-0.3, -0.25) is 18.9 Å². The topological polar surface area (TPSA) is 169 Å². The molecule has 2 fully saturated rings. The van der Waals surface area contributed by atoms with Crippen molar-refractivity contribution >= 4 is 40.7 Å². The van der Waals surface area contributed by atoms with Gasteiger partial charge in [0.1, 0.15) is 18.3 Å². The van der Waals surface area contributed by atoms with Crippen molar-refractivity contribution in [1.29, 1.82) is 0 Å². The van der Waals surface area contributed by atoms with Crippen LogP contribution in [0.25, 0.3) is 28.2 Å². The van der Waals surface area contributed by atoms with Crippen LogP contribution in [0.3, 0.4) is 0 Å². The highest BCUT2D eigenvalue weighted by Crippen LogP contribution is 2.50. The van der Waals surface area contributed by atoms with Crippen LogP contribution in [0.5, 0.6) is 0 Å². The predicted molar refractivity (Wildman–Crippen MR) is 108 cm³/mol. The second-order valence-electron chi connectivity index (χ2n) is 7.31. The SMILES string of the molecule is O=c1c2nc(Br)n([C@@H]3OC4COP(=O)([O-])O[C@H]4C3O)c2nc2[nH]c(-c3ccncc3)cn12. The fourth-order valence-corrected chi connectivity index (χ4v) is 5.44. The molecule has 166 valence electrons. The molecule has 2 aliphatic rings. The number of imidazole rings is 2. The second kappa shape index (κ2) is 7.02. The lowest BCUT2D eigenvalue weighted by molar-refractivity contribution is -0.245. The maximum Gasteiger partial charge on any atom is 0.287 e. The minimum atomic E-state index is -4.53. The third-order valence-electron chi connectivity index (χ3n) is 5.41. The highest BCUT2D eigenvalue weighted by atomic mass is 79.9. The molecule has 6 rings (SSSR count). The lowest BCUT2D eigenvalue weighted by atomic mass is 10.1. The molecular weight excluding hydrogens is 511 g/mol. The van der Waals surface area contributed by atoms with E-state index in [0.717, 1.165) is 5.56 Å². The van der Waals surface area contributed by atoms with Crippen molar-refractivity contribution in [2.75, 3.05) is 6.61 Å². The van der Waals surface area contributed by atoms with Gasteiger partial charge in [0.15, 0.2) is 22.1 Å². The van der Waals surface area contributed by atoms with Crippen molar-refractivity contribution in [3.63, 3.8) is 0 Å². The van der Waals surface area contributed by atoms with Crippen LogP contribution in [0.15, 0.2) is 40.3 Å². The highest BCUT2D eigenvalue weighted by Gasteiger charge is 2.51. The predicted octanol–water partition coefficient (Wildman–Crippen LogP) is 0.339. The zero-order valence-electron chi connectivity index (χ0n) is 15.9. The fourth-order valence-electron chi connectivity index (χ4n) is 3.95. The summed E-state index contributed by atoms with van der Waals surface area (Å²) in [5, 5.41) is 10.7. The van der Waals surface area contributed by atoms with Gasteiger partial charge >= 0.3 is 0 Å². The molecule has 0 amide bonds. The Labute approximate surface area is 186 Å². The normalized spacial score (nSPS) is 30.2. The molecule has 2 aliphatic heterocycles. The molecule has 15 heteroatoms. The molecule has 2 N–H and O–H groups in total. The number of phosphoric acid groups is 1. The summed E-state index contributed by atoms with van der Waals surface area (Å²) in [4.78, 5) is 40.6. The Hall–Kier alpha value is -2.45. The van der Waals surface area contributed by atoms with E-state index < -0.39 is 37.9 Å². The summed E-state index contributed by atoms with van der Waals surface area (Å²) in [5.41, 5.74) is 1.19. The van der Waals surface area contributed by atoms with Crippen LogP contribution in [0.2, 0.25) is 0 Å². The third kappa shape index (κ3) is 2.99. The van der Waals surface area contributed by atoms with Crippen molar-refractivity contribution in [3.05, 3.63) is 45.8 Å². The molecule has 0 spiro atoms. The first kappa shape index (κ1) is 20.2. The number of aromatic nitrogens is 6. The van der Waals surface area contributed by atoms with E-state index in [2.05, 4.69) is 40.4 Å². The number of pyridine rings is 1. The van der Waals surface area contributed by atoms with Crippen LogP contribution >= 0.6 is 23.8 Å². The Morgan fingerprint density at radius 2 is 2.09 bits per heavy atom. The van der Waals surface area contributed by atoms with Crippen molar-refractivity contribution in [3.8, 4) is 11.3 Å². The molecule has 0 aliphatic carbocycles. The molecule has 0 bridgehead atoms. The van der Waals surface area contributed by atoms with Crippen LogP contribution in [0.4, 0.5) is 0 Å². The molecule has 3 unspecified atom stereocenters. The average Bonchev–Trinajstić information content (AvgIpc) is 3.43. The maximum atomic E-state index is 13.1. The van der Waals surface area contributed by atoms with Gasteiger partial charge < -0.3 is 28.8 Å². The number of phosphoric ester groups is 1. The average molecular weight is 524 g/mol. The molecular formula is C17H13BrN6O7P-. The van der Waals surface area contributed by atoms with Gasteiger partial charge in [-0.15, -0.1) is 0 Å². The number of fused-ring (bicyclic) bond motifs is 3. The number of aliphatic hydroxyl groups excluding tert-OH is 1. The Morgan fingerprint density at radius 3 is 2.88 bits per heavy atom. The van der Waals surface area contributed by atoms with Gasteiger partial charge in [-0.25, -0.2) is 9.38 Å². The quantitative estimate of drug-likeness (QED) is 0.276. The lowest BCUT2D eigenvalue weighted by Crippen LogP contribution is -2.41. The number of nitrogens with one attached hydrogen (secondary N) is 1. The van der Waals surface area contributed by atoms with Gasteiger partial charge in [0.2, 0.25) is 5.78 Å². The van der Waals surface area contributed by atoms with Gasteiger partial charge in [0, 0.05) is 24.2 Å². The molecule has 0 radical (unpaired) electrons. The van der Waals surface area contributed by atoms with E-state index in [9.17, 15) is 19.4 Å². The van der Waals surface area contributed by atoms with Crippen LogP contribution in [-0.4, -0.2) is 58.9 Å². The zero-order chi connectivity index (χ0) is 22.2. The number of hydrogen-bond donors (Lipinski definition) is 2. The highest BCUT2D eigenvalue weighted by molar-refractivity contribution is 9.10. The molecule has 0 saturated carbocycles. The Kier molecular flexibility index (Phi) is 4.43. The molecule has 6 heterocycles. The van der Waals surface area contributed by atoms with Crippen LogP contribution in [0.1, 0.15) is 6.23 Å². The number of halogens is 1. The molecule has 32 heavy (non-hydrogen) atoms. The zero-order valence-corrected chi connectivity index (χ0v) is 18.3. The largest absolute Gasteiger partial charge is 0.756 e. The number of aromatic amines is 1. The smallest absolute Gasteiger partial charge is 0.287 e. The first-order chi connectivity index (χ1) is 15.3. The van der Waals surface area contributed by atoms with Gasteiger partial charge in [0.05, 0.1) is 12.3 Å². The lowest BCUT2D eigenvalue weighted by Gasteiger charge is -2.34. The van der Waals surface area contributed by atoms with Gasteiger partial charge in [-0.05, 0) is 28.1 Å². The number of rotatable bonds is 2. The van der Waals surface area contributed by atoms with Crippen LogP contribution < -0.4 is 10.5 Å². The molecule has 13 nitrogen and oxygen atoms in total. The summed E-state index contributed by atoms with van der Waals surface area (Å²) in [5.74, 6) is 0.247. The van der Waals surface area contributed by atoms with E-state index in [1.165, 1.54) is 8.97 Å². The van der Waals surface area contributed by atoms with Crippen LogP contribution in [-0.2, 0) is 18.3 Å². The standard InChI is InChI=1S/C17H14BrN6O7P/c18-16-21-10-13(24(16)15-11(25)12-9(30-15)6-29-32(27,28)31-12)22-17-20-8(5-23(17)14(10)26)7-1-3-19-4-2-7/h1-5,9,11-12,15,25H,6H2,(H,20,22)(H,27,28)/p-1/t9?,11?,12-,15-/m1/s1. The monoisotopic (exact) mass is 523 g/mol. The van der Waals surface area contributed by atoms with Crippen molar-refractivity contribution in [2.24, 2.45) is 0 Å². The first-order valence-electron chi connectivity index (χ1n) is 9.39. The maximum absolute atomic E-state index is 13.1. The van der Waals surface area contributed by atoms with Crippen molar-refractivity contribution < 1.29 is 28.3 Å². The number of hydrogen-bond acceptors (Lipinski definition) is 10. The summed E-state index contributed by atoms with van der Waals surface area (Å²) < 4.78 is 29.9. The first-order valence-corrected chi connectivity index (χ1v) is 11.6. The van der Waals surface area contributed by atoms with Gasteiger partial charge in [-0.2, -0.15) is 4.98 Å². The third-order valence-corrected chi connectivity index (χ3v) is 6.94. The van der Waals surface area contributed by atoms with Gasteiger partial charge in [-0.1, -0.05) is 0 Å². The van der Waals surface area contributed by atoms with E-state index in [1.54, 1.807) is 30.7 Å². The van der Waals surface area contributed by atoms with Crippen molar-refractivity contribution in [2.45, 2.75) is 24.5 Å². The molecule has 4 aromatic rings. The summed E-state index contributed by atoms with van der Waals surface area (Å²) in [6.45, 7) is -0.296. The molecule has 2 saturated heterocycles. The van der Waals surface area contributed by atoms with E-state index in [4.69, 9.17) is 9.26 Å². The van der Waals surface area contributed by atoms with E-state index in [0.29, 0.717) is 5.69 Å².